The summed E-state index contributed by atoms with van der Waals surface area (Å²) in [7, 11) is 0. The summed E-state index contributed by atoms with van der Waals surface area (Å²) in [5.74, 6) is -2.17. The number of nitrogens with two attached hydrogens (primary N) is 2. The third kappa shape index (κ3) is 376. The van der Waals surface area contributed by atoms with Gasteiger partial charge in [-0.25, -0.2) is 0 Å². The molecule has 0 amide bonds. The van der Waals surface area contributed by atoms with Crippen molar-refractivity contribution in [3.05, 3.63) is 0 Å². The summed E-state index contributed by atoms with van der Waals surface area (Å²) < 4.78 is 0. The number of aliphatic hydroxyl groups is 2. The Balaban J connectivity index is -0.0000000453. The van der Waals surface area contributed by atoms with Crippen LogP contribution in [0.4, 0.5) is 0 Å². The fourth-order valence-corrected chi connectivity index (χ4v) is 0.183. The molecule has 0 aromatic rings. The standard InChI is InChI=1S/2C3H9NO.2C2H4O2.Ni/c2*4-2-1-3-5;2*1-2(3)4;/h2*5H,1-4H2;2*1H3,(H,3,4);/q;;;;+2/p-2. The molecule has 0 atom stereocenters. The molecule has 8 nitrogen and oxygen atoms in total. The molecule has 0 saturated carbocycles. The van der Waals surface area contributed by atoms with Crippen LogP contribution >= 0.6 is 0 Å². The minimum absolute atomic E-state index is 0. The van der Waals surface area contributed by atoms with Crippen LogP contribution in [0.1, 0.15) is 26.7 Å². The van der Waals surface area contributed by atoms with E-state index in [4.69, 9.17) is 41.5 Å². The van der Waals surface area contributed by atoms with Crippen molar-refractivity contribution in [1.29, 1.82) is 0 Å². The quantitative estimate of drug-likeness (QED) is 0.380. The molecule has 0 rings (SSSR count). The van der Waals surface area contributed by atoms with Gasteiger partial charge in [-0.3, -0.25) is 0 Å². The Morgan fingerprint density at radius 1 is 0.895 bits per heavy atom. The molecule has 0 heterocycles. The van der Waals surface area contributed by atoms with Crippen LogP contribution in [0.15, 0.2) is 0 Å². The summed E-state index contributed by atoms with van der Waals surface area (Å²) in [5.41, 5.74) is 9.96. The molecule has 0 spiro atoms. The van der Waals surface area contributed by atoms with Crippen molar-refractivity contribution in [3.8, 4) is 0 Å². The Bertz CT molecular complexity index is 142. The first kappa shape index (κ1) is 30.9. The van der Waals surface area contributed by atoms with Crippen molar-refractivity contribution in [1.82, 2.24) is 0 Å². The van der Waals surface area contributed by atoms with Crippen LogP contribution < -0.4 is 21.7 Å². The Hall–Kier alpha value is -0.726. The van der Waals surface area contributed by atoms with Gasteiger partial charge in [0.1, 0.15) is 0 Å². The van der Waals surface area contributed by atoms with E-state index in [-0.39, 0.29) is 29.7 Å². The van der Waals surface area contributed by atoms with Gasteiger partial charge in [0, 0.05) is 25.2 Å². The zero-order valence-electron chi connectivity index (χ0n) is 11.2. The molecule has 0 fully saturated rings. The van der Waals surface area contributed by atoms with Crippen LogP contribution in [0.25, 0.3) is 0 Å². The Labute approximate surface area is 123 Å². The first-order valence-electron chi connectivity index (χ1n) is 5.27. The van der Waals surface area contributed by atoms with Gasteiger partial charge in [0.15, 0.2) is 0 Å². The van der Waals surface area contributed by atoms with E-state index in [1.54, 1.807) is 0 Å². The van der Waals surface area contributed by atoms with E-state index in [1.807, 2.05) is 0 Å². The number of hydrogen-bond acceptors (Lipinski definition) is 8. The summed E-state index contributed by atoms with van der Waals surface area (Å²) in [6.45, 7) is 3.57. The number of aliphatic carboxylic acids is 2. The molecule has 0 aromatic carbocycles. The topological polar surface area (TPSA) is 173 Å². The Morgan fingerprint density at radius 3 is 1.05 bits per heavy atom. The Kier molecular flexibility index (Phi) is 58.6. The number of carbonyl (C=O) groups is 2. The second-order valence-corrected chi connectivity index (χ2v) is 2.71. The summed E-state index contributed by atoms with van der Waals surface area (Å²) >= 11 is 0. The van der Waals surface area contributed by atoms with Gasteiger partial charge in [-0.15, -0.1) is 0 Å². The number of hydrogen-bond donors (Lipinski definition) is 4. The van der Waals surface area contributed by atoms with Crippen LogP contribution in [-0.4, -0.2) is 48.5 Å². The van der Waals surface area contributed by atoms with Gasteiger partial charge < -0.3 is 41.5 Å². The van der Waals surface area contributed by atoms with Crippen LogP contribution in [0, 0.1) is 0 Å². The number of carbonyl (C=O) groups excluding carboxylic acids is 2. The Morgan fingerprint density at radius 2 is 1.05 bits per heavy atom. The summed E-state index contributed by atoms with van der Waals surface area (Å²) in [5, 5.41) is 33.8. The van der Waals surface area contributed by atoms with Crippen LogP contribution in [-0.2, 0) is 26.1 Å². The van der Waals surface area contributed by atoms with Crippen molar-refractivity contribution >= 4 is 11.9 Å². The molecule has 0 aliphatic rings. The molecule has 0 radical (unpaired) electrons. The van der Waals surface area contributed by atoms with Gasteiger partial charge in [0.25, 0.3) is 0 Å². The van der Waals surface area contributed by atoms with Crippen molar-refractivity contribution in [2.45, 2.75) is 26.7 Å². The number of rotatable bonds is 4. The summed E-state index contributed by atoms with van der Waals surface area (Å²) in [4.78, 5) is 17.8. The zero-order valence-corrected chi connectivity index (χ0v) is 12.2. The summed E-state index contributed by atoms with van der Waals surface area (Å²) in [6, 6.07) is 0. The monoisotopic (exact) mass is 326 g/mol. The van der Waals surface area contributed by atoms with E-state index < -0.39 is 11.9 Å². The van der Waals surface area contributed by atoms with Gasteiger partial charge in [-0.1, -0.05) is 0 Å². The molecule has 19 heavy (non-hydrogen) atoms. The fourth-order valence-electron chi connectivity index (χ4n) is 0.183. The maximum atomic E-state index is 8.89. The van der Waals surface area contributed by atoms with E-state index in [1.165, 1.54) is 0 Å². The first-order chi connectivity index (χ1) is 8.29. The van der Waals surface area contributed by atoms with Crippen molar-refractivity contribution in [2.24, 2.45) is 11.5 Å². The van der Waals surface area contributed by atoms with Gasteiger partial charge >= 0.3 is 16.5 Å². The van der Waals surface area contributed by atoms with E-state index in [9.17, 15) is 0 Å². The molecule has 6 N–H and O–H groups in total. The zero-order chi connectivity index (χ0) is 15.4. The average molecular weight is 327 g/mol. The molecule has 0 aromatic heterocycles. The SMILES string of the molecule is CC(=O)[O-].CC(=O)[O-].NCCCO.NCCCO.[Ni+2]. The molecule has 0 bridgehead atoms. The number of carboxylic acids is 2. The third-order valence-electron chi connectivity index (χ3n) is 0.724. The van der Waals surface area contributed by atoms with Gasteiger partial charge in [-0.2, -0.15) is 0 Å². The molecule has 9 heteroatoms. The maximum absolute atomic E-state index is 8.89. The first-order valence-corrected chi connectivity index (χ1v) is 5.27. The van der Waals surface area contributed by atoms with E-state index in [0.717, 1.165) is 26.7 Å². The van der Waals surface area contributed by atoms with Crippen molar-refractivity contribution in [2.75, 3.05) is 26.3 Å². The second-order valence-electron chi connectivity index (χ2n) is 2.71. The molecule has 120 valence electrons. The van der Waals surface area contributed by atoms with Crippen LogP contribution in [0.3, 0.4) is 0 Å². The predicted octanol–water partition coefficient (Wildman–Crippen LogP) is -3.84. The molecule has 0 saturated heterocycles. The molecule has 0 aliphatic heterocycles. The average Bonchev–Trinajstić information content (AvgIpc) is 2.19. The summed E-state index contributed by atoms with van der Waals surface area (Å²) in [6.07, 6.45) is 1.44. The molecular weight excluding hydrogens is 303 g/mol. The number of aliphatic hydroxyl groups excluding tert-OH is 2. The fraction of sp³-hybridized carbons (Fsp3) is 0.800. The predicted molar refractivity (Wildman–Crippen MR) is 62.9 cm³/mol. The minimum atomic E-state index is -1.08. The van der Waals surface area contributed by atoms with Gasteiger partial charge in [-0.05, 0) is 39.8 Å². The third-order valence-corrected chi connectivity index (χ3v) is 0.724. The van der Waals surface area contributed by atoms with E-state index in [2.05, 4.69) is 0 Å². The molecule has 0 aliphatic carbocycles. The van der Waals surface area contributed by atoms with E-state index >= 15 is 0 Å². The second kappa shape index (κ2) is 36.0. The van der Waals surface area contributed by atoms with Gasteiger partial charge in [0.05, 0.1) is 0 Å². The normalized spacial score (nSPS) is 7.05. The maximum Gasteiger partial charge on any atom is 2.00 e. The molecule has 0 unspecified atom stereocenters. The number of carboxylic acid groups (broad SMARTS) is 2. The molecular formula is C10H24N2NiO6. The van der Waals surface area contributed by atoms with Crippen LogP contribution in [0.5, 0.6) is 0 Å². The van der Waals surface area contributed by atoms with Crippen LogP contribution in [0.2, 0.25) is 0 Å². The van der Waals surface area contributed by atoms with E-state index in [0.29, 0.717) is 13.1 Å². The van der Waals surface area contributed by atoms with Crippen molar-refractivity contribution < 1.29 is 46.5 Å². The van der Waals surface area contributed by atoms with Crippen molar-refractivity contribution in [3.63, 3.8) is 0 Å². The largest absolute Gasteiger partial charge is 2.00 e. The smallest absolute Gasteiger partial charge is 0.550 e. The van der Waals surface area contributed by atoms with Gasteiger partial charge in [0.2, 0.25) is 0 Å². The minimum Gasteiger partial charge on any atom is -0.550 e.